The molecule has 170 valence electrons. The number of halogens is 1. The second kappa shape index (κ2) is 21.7. The molecule has 0 bridgehead atoms. The Morgan fingerprint density at radius 2 is 1.90 bits per heavy atom. The van der Waals surface area contributed by atoms with E-state index in [0.29, 0.717) is 5.76 Å². The molecule has 1 aliphatic heterocycles. The molecule has 0 radical (unpaired) electrons. The van der Waals surface area contributed by atoms with E-state index >= 15 is 0 Å². The van der Waals surface area contributed by atoms with Crippen molar-refractivity contribution in [3.63, 3.8) is 0 Å². The molecule has 0 saturated carbocycles. The maximum Gasteiger partial charge on any atom is 0.173 e. The summed E-state index contributed by atoms with van der Waals surface area (Å²) in [6.45, 7) is 17.1. The Kier molecular flexibility index (Phi) is 21.8. The third kappa shape index (κ3) is 14.9. The Labute approximate surface area is 185 Å². The molecule has 1 aliphatic carbocycles. The van der Waals surface area contributed by atoms with Gasteiger partial charge >= 0.3 is 0 Å². The summed E-state index contributed by atoms with van der Waals surface area (Å²) in [6.07, 6.45) is 18.7. The largest absolute Gasteiger partial charge is 0.489 e. The third-order valence-corrected chi connectivity index (χ3v) is 4.37. The second-order valence-corrected chi connectivity index (χ2v) is 6.41. The first-order valence-corrected chi connectivity index (χ1v) is 11.4. The maximum atomic E-state index is 12.1. The van der Waals surface area contributed by atoms with Crippen molar-refractivity contribution >= 4 is 0 Å². The highest BCUT2D eigenvalue weighted by molar-refractivity contribution is 5.24. The van der Waals surface area contributed by atoms with Crippen LogP contribution in [0.25, 0.3) is 0 Å². The predicted octanol–water partition coefficient (Wildman–Crippen LogP) is 8.08. The zero-order valence-corrected chi connectivity index (χ0v) is 20.6. The van der Waals surface area contributed by atoms with Gasteiger partial charge in [0.25, 0.3) is 0 Å². The molecule has 3 heteroatoms. The van der Waals surface area contributed by atoms with E-state index < -0.39 is 5.83 Å². The van der Waals surface area contributed by atoms with Crippen molar-refractivity contribution in [3.05, 3.63) is 71.2 Å². The smallest absolute Gasteiger partial charge is 0.173 e. The number of methoxy groups -OCH3 is 1. The fourth-order valence-electron chi connectivity index (χ4n) is 2.96. The highest BCUT2D eigenvalue weighted by atomic mass is 19.1. The Bertz CT molecular complexity index is 642. The van der Waals surface area contributed by atoms with E-state index in [4.69, 9.17) is 4.74 Å². The highest BCUT2D eigenvalue weighted by Gasteiger charge is 2.22. The lowest BCUT2D eigenvalue weighted by atomic mass is 10.1. The minimum Gasteiger partial charge on any atom is -0.489 e. The summed E-state index contributed by atoms with van der Waals surface area (Å²) in [6, 6.07) is 0.830. The van der Waals surface area contributed by atoms with E-state index in [0.717, 1.165) is 19.0 Å². The van der Waals surface area contributed by atoms with Gasteiger partial charge in [-0.15, -0.1) is 0 Å². The van der Waals surface area contributed by atoms with Gasteiger partial charge in [0.2, 0.25) is 0 Å². The molecule has 1 saturated heterocycles. The number of nitrogens with zero attached hydrogens (tertiary/aromatic N) is 1. The highest BCUT2D eigenvalue weighted by Crippen LogP contribution is 2.20. The minimum absolute atomic E-state index is 0.421. The lowest BCUT2D eigenvalue weighted by Crippen LogP contribution is -2.30. The lowest BCUT2D eigenvalue weighted by molar-refractivity contribution is 0.269. The molecule has 0 aromatic carbocycles. The summed E-state index contributed by atoms with van der Waals surface area (Å²) in [4.78, 5) is 2.64. The van der Waals surface area contributed by atoms with E-state index in [2.05, 4.69) is 60.6 Å². The van der Waals surface area contributed by atoms with Crippen molar-refractivity contribution in [3.8, 4) is 0 Å². The van der Waals surface area contributed by atoms with Gasteiger partial charge in [-0.2, -0.15) is 4.39 Å². The molecule has 1 atom stereocenters. The molecular weight excluding hydrogens is 373 g/mol. The van der Waals surface area contributed by atoms with Crippen molar-refractivity contribution in [1.29, 1.82) is 0 Å². The molecule has 1 unspecified atom stereocenters. The summed E-state index contributed by atoms with van der Waals surface area (Å²) in [5.41, 5.74) is 6.21. The summed E-state index contributed by atoms with van der Waals surface area (Å²) < 4.78 is 16.8. The van der Waals surface area contributed by atoms with E-state index in [-0.39, 0.29) is 0 Å². The predicted molar refractivity (Wildman–Crippen MR) is 131 cm³/mol. The maximum absolute atomic E-state index is 12.1. The number of ether oxygens (including phenoxy) is 1. The van der Waals surface area contributed by atoms with Gasteiger partial charge in [0.1, 0.15) is 0 Å². The number of likely N-dealkylation sites (tertiary alicyclic amines) is 1. The molecule has 1 heterocycles. The van der Waals surface area contributed by atoms with Crippen LogP contribution >= 0.6 is 0 Å². The summed E-state index contributed by atoms with van der Waals surface area (Å²) >= 11 is 0. The van der Waals surface area contributed by atoms with Gasteiger partial charge < -0.3 is 4.74 Å². The molecule has 0 aromatic heterocycles. The normalized spacial score (nSPS) is 18.0. The molecule has 0 aromatic rings. The van der Waals surface area contributed by atoms with Crippen LogP contribution in [0.1, 0.15) is 74.1 Å². The van der Waals surface area contributed by atoms with E-state index in [1.165, 1.54) is 50.6 Å². The fourth-order valence-corrected chi connectivity index (χ4v) is 2.96. The molecule has 0 spiro atoms. The van der Waals surface area contributed by atoms with Crippen LogP contribution in [0.5, 0.6) is 0 Å². The minimum atomic E-state index is -0.421. The number of allylic oxidation sites excluding steroid dienone is 8. The lowest BCUT2D eigenvalue weighted by Gasteiger charge is -2.23. The number of hydrogen-bond donors (Lipinski definition) is 0. The van der Waals surface area contributed by atoms with Gasteiger partial charge in [0.15, 0.2) is 11.6 Å². The van der Waals surface area contributed by atoms with Crippen LogP contribution in [0.2, 0.25) is 0 Å². The van der Waals surface area contributed by atoms with Crippen LogP contribution in [-0.4, -0.2) is 31.1 Å². The third-order valence-electron chi connectivity index (χ3n) is 4.37. The van der Waals surface area contributed by atoms with Crippen LogP contribution in [0.4, 0.5) is 4.39 Å². The second-order valence-electron chi connectivity index (χ2n) is 6.41. The molecule has 2 aliphatic rings. The molecule has 30 heavy (non-hydrogen) atoms. The molecule has 0 amide bonds. The Morgan fingerprint density at radius 1 is 1.20 bits per heavy atom. The standard InChI is InChI=1S/C16H27N.C7H5FO.2C2H6/c1-4-6-7-8-9-11-15(3)14-17-13-10-12-16(17)5-2;1-9-7-4-2-6(8)3-5-7;2*1-2/h4,6-8,11,16H,5,9-10,12-14H2,1-3H3;2,4H,1H3;2*1-2H3/b6-4-,8-7?,15-11+;;;. The van der Waals surface area contributed by atoms with E-state index in [1.54, 1.807) is 0 Å². The summed E-state index contributed by atoms with van der Waals surface area (Å²) in [7, 11) is 1.50. The number of rotatable bonds is 7. The molecule has 0 N–H and O–H groups in total. The summed E-state index contributed by atoms with van der Waals surface area (Å²) in [5.74, 6) is 0.0761. The van der Waals surface area contributed by atoms with Crippen LogP contribution in [0, 0.1) is 0 Å². The Balaban J connectivity index is 0. The van der Waals surface area contributed by atoms with Crippen molar-refractivity contribution in [1.82, 2.24) is 4.90 Å². The van der Waals surface area contributed by atoms with Crippen LogP contribution in [-0.2, 0) is 4.74 Å². The monoisotopic (exact) mass is 417 g/mol. The summed E-state index contributed by atoms with van der Waals surface area (Å²) in [5, 5.41) is 0. The average molecular weight is 418 g/mol. The van der Waals surface area contributed by atoms with Crippen LogP contribution in [0.3, 0.4) is 0 Å². The first kappa shape index (κ1) is 30.1. The Morgan fingerprint density at radius 3 is 2.43 bits per heavy atom. The SMILES string of the molecule is C/C=C\C=CC/C=C(\C)CN1CCCC1CC.CC.CC.COC1=C=C=C(F)C=C1. The van der Waals surface area contributed by atoms with Gasteiger partial charge in [0, 0.05) is 12.6 Å². The van der Waals surface area contributed by atoms with Crippen LogP contribution in [0.15, 0.2) is 71.2 Å². The fraction of sp³-hybridized carbons (Fsp3) is 0.556. The quantitative estimate of drug-likeness (QED) is 0.236. The first-order valence-electron chi connectivity index (χ1n) is 11.4. The average Bonchev–Trinajstić information content (AvgIpc) is 3.24. The Hall–Kier alpha value is -2.05. The van der Waals surface area contributed by atoms with Gasteiger partial charge in [-0.25, -0.2) is 0 Å². The topological polar surface area (TPSA) is 12.5 Å². The van der Waals surface area contributed by atoms with Crippen LogP contribution < -0.4 is 0 Å². The van der Waals surface area contributed by atoms with Crippen molar-refractivity contribution in [2.24, 2.45) is 0 Å². The van der Waals surface area contributed by atoms with E-state index in [1.807, 2.05) is 34.6 Å². The van der Waals surface area contributed by atoms with Crippen molar-refractivity contribution in [2.75, 3.05) is 20.2 Å². The molecule has 2 rings (SSSR count). The first-order chi connectivity index (χ1) is 14.6. The molecule has 2 nitrogen and oxygen atoms in total. The van der Waals surface area contributed by atoms with Gasteiger partial charge in [0.05, 0.1) is 7.11 Å². The molecular formula is C27H44FNO. The van der Waals surface area contributed by atoms with Gasteiger partial charge in [-0.3, -0.25) is 4.90 Å². The molecule has 1 fully saturated rings. The van der Waals surface area contributed by atoms with Gasteiger partial charge in [-0.05, 0) is 69.7 Å². The van der Waals surface area contributed by atoms with Gasteiger partial charge in [-0.1, -0.05) is 70.6 Å². The van der Waals surface area contributed by atoms with E-state index in [9.17, 15) is 4.39 Å². The zero-order chi connectivity index (χ0) is 23.2. The van der Waals surface area contributed by atoms with Crippen molar-refractivity contribution in [2.45, 2.75) is 80.2 Å². The zero-order valence-electron chi connectivity index (χ0n) is 20.6. The number of hydrogen-bond acceptors (Lipinski definition) is 2. The van der Waals surface area contributed by atoms with Crippen molar-refractivity contribution < 1.29 is 9.13 Å².